The number of quaternary nitrogens is 1. The second-order valence-corrected chi connectivity index (χ2v) is 7.29. The maximum absolute atomic E-state index is 12.4. The van der Waals surface area contributed by atoms with Crippen LogP contribution in [0.2, 0.25) is 0 Å². The van der Waals surface area contributed by atoms with Crippen molar-refractivity contribution in [1.29, 1.82) is 0 Å². The number of carbonyl (C=O) groups excluding carboxylic acids is 2. The number of nitrogens with one attached hydrogen (secondary N) is 3. The van der Waals surface area contributed by atoms with E-state index in [1.165, 1.54) is 0 Å². The van der Waals surface area contributed by atoms with Crippen LogP contribution in [-0.4, -0.2) is 57.8 Å². The first-order chi connectivity index (χ1) is 14.0. The summed E-state index contributed by atoms with van der Waals surface area (Å²) in [4.78, 5) is 27.9. The molecule has 2 amide bonds. The number of rotatable bonds is 7. The van der Waals surface area contributed by atoms with E-state index in [9.17, 15) is 9.59 Å². The van der Waals surface area contributed by atoms with Crippen molar-refractivity contribution in [2.24, 2.45) is 0 Å². The predicted molar refractivity (Wildman–Crippen MR) is 114 cm³/mol. The van der Waals surface area contributed by atoms with Crippen LogP contribution in [0.25, 0.3) is 0 Å². The molecule has 1 saturated heterocycles. The number of hydrogen-bond acceptors (Lipinski definition) is 4. The zero-order valence-electron chi connectivity index (χ0n) is 17.0. The lowest BCUT2D eigenvalue weighted by molar-refractivity contribution is -0.885. The Labute approximate surface area is 171 Å². The lowest BCUT2D eigenvalue weighted by Gasteiger charge is -2.28. The second-order valence-electron chi connectivity index (χ2n) is 7.29. The van der Waals surface area contributed by atoms with Crippen molar-refractivity contribution in [2.45, 2.75) is 13.0 Å². The van der Waals surface area contributed by atoms with Gasteiger partial charge in [0, 0.05) is 30.2 Å². The standard InChI is InChI=1S/C22H28N4O3/c1-17(22(28)24-18-6-4-3-5-7-18)25(2)16-21(27)23-19-8-10-20(11-9-19)26-12-14-29-15-13-26/h3-11,17H,12-16H2,1-2H3,(H,23,27)(H,24,28)/p+1/t17-/m0/s1. The SMILES string of the molecule is C[C@@H](C(=O)Nc1ccccc1)[NH+](C)CC(=O)Nc1ccc(N2CCOCC2)cc1. The van der Waals surface area contributed by atoms with Gasteiger partial charge in [-0.3, -0.25) is 9.59 Å². The fourth-order valence-electron chi connectivity index (χ4n) is 3.18. The topological polar surface area (TPSA) is 75.1 Å². The summed E-state index contributed by atoms with van der Waals surface area (Å²) in [6, 6.07) is 16.8. The van der Waals surface area contributed by atoms with Crippen LogP contribution in [0.3, 0.4) is 0 Å². The Morgan fingerprint density at radius 3 is 2.28 bits per heavy atom. The highest BCUT2D eigenvalue weighted by Gasteiger charge is 2.24. The van der Waals surface area contributed by atoms with Crippen molar-refractivity contribution >= 4 is 28.9 Å². The van der Waals surface area contributed by atoms with Crippen LogP contribution in [0.4, 0.5) is 17.1 Å². The number of likely N-dealkylation sites (N-methyl/N-ethyl adjacent to an activating group) is 1. The molecule has 2 atom stereocenters. The Hall–Kier alpha value is -2.90. The molecule has 0 saturated carbocycles. The average molecular weight is 397 g/mol. The number of amides is 2. The molecule has 3 rings (SSSR count). The van der Waals surface area contributed by atoms with Gasteiger partial charge in [0.25, 0.3) is 11.8 Å². The first kappa shape index (κ1) is 20.8. The molecule has 2 aromatic rings. The Kier molecular flexibility index (Phi) is 7.21. The number of carbonyl (C=O) groups is 2. The highest BCUT2D eigenvalue weighted by molar-refractivity contribution is 5.94. The Morgan fingerprint density at radius 2 is 1.62 bits per heavy atom. The van der Waals surface area contributed by atoms with Gasteiger partial charge in [-0.2, -0.15) is 0 Å². The van der Waals surface area contributed by atoms with E-state index in [0.29, 0.717) is 0 Å². The third-order valence-corrected chi connectivity index (χ3v) is 5.14. The number of anilines is 3. The monoisotopic (exact) mass is 397 g/mol. The van der Waals surface area contributed by atoms with Crippen LogP contribution >= 0.6 is 0 Å². The molecular formula is C22H29N4O3+. The van der Waals surface area contributed by atoms with Crippen molar-refractivity contribution < 1.29 is 19.2 Å². The zero-order chi connectivity index (χ0) is 20.6. The van der Waals surface area contributed by atoms with E-state index in [0.717, 1.165) is 48.3 Å². The van der Waals surface area contributed by atoms with Gasteiger partial charge in [-0.05, 0) is 43.3 Å². The number of hydrogen-bond donors (Lipinski definition) is 3. The Balaban J connectivity index is 1.48. The minimum atomic E-state index is -0.357. The summed E-state index contributed by atoms with van der Waals surface area (Å²) in [5.41, 5.74) is 2.63. The van der Waals surface area contributed by atoms with Gasteiger partial charge < -0.3 is 25.2 Å². The smallest absolute Gasteiger partial charge is 0.282 e. The normalized spacial score (nSPS) is 16.0. The van der Waals surface area contributed by atoms with E-state index >= 15 is 0 Å². The third-order valence-electron chi connectivity index (χ3n) is 5.14. The number of morpholine rings is 1. The molecule has 154 valence electrons. The molecule has 0 aromatic heterocycles. The Morgan fingerprint density at radius 1 is 1.00 bits per heavy atom. The van der Waals surface area contributed by atoms with Gasteiger partial charge in [-0.15, -0.1) is 0 Å². The number of para-hydroxylation sites is 1. The van der Waals surface area contributed by atoms with E-state index in [1.807, 2.05) is 68.6 Å². The molecule has 1 heterocycles. The molecule has 0 aliphatic carbocycles. The van der Waals surface area contributed by atoms with Gasteiger partial charge in [0.2, 0.25) is 0 Å². The molecule has 29 heavy (non-hydrogen) atoms. The Bertz CT molecular complexity index is 805. The van der Waals surface area contributed by atoms with Gasteiger partial charge in [0.1, 0.15) is 0 Å². The van der Waals surface area contributed by atoms with Crippen LogP contribution in [0.15, 0.2) is 54.6 Å². The van der Waals surface area contributed by atoms with Crippen molar-refractivity contribution in [3.05, 3.63) is 54.6 Å². The first-order valence-electron chi connectivity index (χ1n) is 9.94. The number of ether oxygens (including phenoxy) is 1. The highest BCUT2D eigenvalue weighted by atomic mass is 16.5. The van der Waals surface area contributed by atoms with Crippen molar-refractivity contribution in [1.82, 2.24) is 0 Å². The van der Waals surface area contributed by atoms with Gasteiger partial charge >= 0.3 is 0 Å². The molecule has 0 spiro atoms. The largest absolute Gasteiger partial charge is 0.378 e. The van der Waals surface area contributed by atoms with E-state index in [1.54, 1.807) is 0 Å². The van der Waals surface area contributed by atoms with Crippen LogP contribution in [0.1, 0.15) is 6.92 Å². The summed E-state index contributed by atoms with van der Waals surface area (Å²) >= 11 is 0. The van der Waals surface area contributed by atoms with Gasteiger partial charge in [-0.1, -0.05) is 18.2 Å². The summed E-state index contributed by atoms with van der Waals surface area (Å²) in [7, 11) is 1.84. The highest BCUT2D eigenvalue weighted by Crippen LogP contribution is 2.18. The van der Waals surface area contributed by atoms with E-state index in [2.05, 4.69) is 15.5 Å². The van der Waals surface area contributed by atoms with Crippen LogP contribution < -0.4 is 20.4 Å². The fourth-order valence-corrected chi connectivity index (χ4v) is 3.18. The molecule has 3 N–H and O–H groups in total. The summed E-state index contributed by atoms with van der Waals surface area (Å²) in [6.07, 6.45) is 0. The minimum absolute atomic E-state index is 0.114. The average Bonchev–Trinajstić information content (AvgIpc) is 2.75. The van der Waals surface area contributed by atoms with E-state index < -0.39 is 0 Å². The van der Waals surface area contributed by atoms with Gasteiger partial charge in [-0.25, -0.2) is 0 Å². The number of benzene rings is 2. The molecule has 1 unspecified atom stereocenters. The molecule has 1 aliphatic heterocycles. The molecule has 1 aliphatic rings. The molecule has 1 fully saturated rings. The summed E-state index contributed by atoms with van der Waals surface area (Å²) < 4.78 is 5.37. The maximum atomic E-state index is 12.4. The lowest BCUT2D eigenvalue weighted by atomic mass is 10.2. The molecule has 7 heteroatoms. The molecule has 7 nitrogen and oxygen atoms in total. The van der Waals surface area contributed by atoms with Crippen LogP contribution in [-0.2, 0) is 14.3 Å². The third kappa shape index (κ3) is 6.04. The van der Waals surface area contributed by atoms with Gasteiger partial charge in [0.05, 0.1) is 20.3 Å². The van der Waals surface area contributed by atoms with E-state index in [4.69, 9.17) is 4.74 Å². The molecular weight excluding hydrogens is 368 g/mol. The van der Waals surface area contributed by atoms with Crippen molar-refractivity contribution in [2.75, 3.05) is 55.4 Å². The van der Waals surface area contributed by atoms with Crippen LogP contribution in [0, 0.1) is 0 Å². The van der Waals surface area contributed by atoms with Crippen molar-refractivity contribution in [3.63, 3.8) is 0 Å². The van der Waals surface area contributed by atoms with E-state index in [-0.39, 0.29) is 24.4 Å². The fraction of sp³-hybridized carbons (Fsp3) is 0.364. The summed E-state index contributed by atoms with van der Waals surface area (Å²) in [6.45, 7) is 5.26. The molecule has 2 aromatic carbocycles. The number of nitrogens with zero attached hydrogens (tertiary/aromatic N) is 1. The second kappa shape index (κ2) is 10.0. The lowest BCUT2D eigenvalue weighted by Crippen LogP contribution is -3.14. The zero-order valence-corrected chi connectivity index (χ0v) is 17.0. The maximum Gasteiger partial charge on any atom is 0.282 e. The molecule has 0 bridgehead atoms. The summed E-state index contributed by atoms with van der Waals surface area (Å²) in [5, 5.41) is 5.79. The minimum Gasteiger partial charge on any atom is -0.378 e. The van der Waals surface area contributed by atoms with Crippen LogP contribution in [0.5, 0.6) is 0 Å². The predicted octanol–water partition coefficient (Wildman–Crippen LogP) is 1.00. The quantitative estimate of drug-likeness (QED) is 0.652. The molecule has 0 radical (unpaired) electrons. The van der Waals surface area contributed by atoms with Crippen molar-refractivity contribution in [3.8, 4) is 0 Å². The van der Waals surface area contributed by atoms with Gasteiger partial charge in [0.15, 0.2) is 12.6 Å². The first-order valence-corrected chi connectivity index (χ1v) is 9.94. The summed E-state index contributed by atoms with van der Waals surface area (Å²) in [5.74, 6) is -0.239.